The Balaban J connectivity index is 1.77. The Kier molecular flexibility index (Phi) is 5.48. The number of carbonyl (C=O) groups excluding carboxylic acids is 3. The maximum atomic E-state index is 12.6. The van der Waals surface area contributed by atoms with E-state index in [-0.39, 0.29) is 41.3 Å². The molecule has 0 unspecified atom stereocenters. The van der Waals surface area contributed by atoms with Gasteiger partial charge in [-0.05, 0) is 49.0 Å². The number of hydrogen-bond acceptors (Lipinski definition) is 7. The Morgan fingerprint density at radius 2 is 2.06 bits per heavy atom. The number of cyclic esters (lactones) is 1. The molecule has 1 aromatic rings. The van der Waals surface area contributed by atoms with Crippen molar-refractivity contribution in [1.29, 1.82) is 0 Å². The third kappa shape index (κ3) is 3.58. The van der Waals surface area contributed by atoms with Crippen LogP contribution in [-0.2, 0) is 28.6 Å². The summed E-state index contributed by atoms with van der Waals surface area (Å²) >= 11 is 0. The highest BCUT2D eigenvalue weighted by Crippen LogP contribution is 2.65. The lowest BCUT2D eigenvalue weighted by molar-refractivity contribution is -0.178. The Labute approximate surface area is 182 Å². The van der Waals surface area contributed by atoms with Gasteiger partial charge >= 0.3 is 17.9 Å². The van der Waals surface area contributed by atoms with Crippen molar-refractivity contribution >= 4 is 17.9 Å². The van der Waals surface area contributed by atoms with Crippen molar-refractivity contribution in [3.63, 3.8) is 0 Å². The summed E-state index contributed by atoms with van der Waals surface area (Å²) in [4.78, 5) is 36.4. The highest BCUT2D eigenvalue weighted by Gasteiger charge is 2.64. The van der Waals surface area contributed by atoms with Crippen LogP contribution >= 0.6 is 0 Å². The summed E-state index contributed by atoms with van der Waals surface area (Å²) in [6.45, 7) is 7.37. The molecule has 0 bridgehead atoms. The molecule has 2 heterocycles. The van der Waals surface area contributed by atoms with Crippen molar-refractivity contribution < 1.29 is 33.0 Å². The standard InChI is InChI=1S/C24H30O7/c1-14-19(30-15(2)25)11-24-13-29-22(27)18(24)6-5-7-21(24)23(14,4)10-20(31-16(3)26)17-8-9-28-12-17/h6,8-9,12,14,19-21H,5,7,10-11,13H2,1-4H3/t14-,19-,20-,21-,23+,24-/m1/s1. The molecular formula is C24H30O7. The molecule has 2 fully saturated rings. The Hall–Kier alpha value is -2.57. The SMILES string of the molecule is CC(=O)O[C@H](C[C@@]1(C)[C@H](C)[C@H](OC(C)=O)C[C@@]23COC(=O)C2=CCC[C@@H]31)c1ccoc1. The minimum Gasteiger partial charge on any atom is -0.472 e. The van der Waals surface area contributed by atoms with Gasteiger partial charge in [0, 0.05) is 30.4 Å². The number of allylic oxidation sites excluding steroid dienone is 1. The molecule has 1 aromatic heterocycles. The van der Waals surface area contributed by atoms with Crippen LogP contribution in [-0.4, -0.2) is 30.6 Å². The van der Waals surface area contributed by atoms with Gasteiger partial charge in [-0.3, -0.25) is 9.59 Å². The van der Waals surface area contributed by atoms with Crippen molar-refractivity contribution in [1.82, 2.24) is 0 Å². The quantitative estimate of drug-likeness (QED) is 0.512. The molecule has 31 heavy (non-hydrogen) atoms. The van der Waals surface area contributed by atoms with Crippen LogP contribution in [0.15, 0.2) is 34.7 Å². The molecule has 0 radical (unpaired) electrons. The van der Waals surface area contributed by atoms with Gasteiger partial charge in [-0.1, -0.05) is 19.9 Å². The van der Waals surface area contributed by atoms with Crippen LogP contribution in [0.25, 0.3) is 0 Å². The number of hydrogen-bond donors (Lipinski definition) is 0. The monoisotopic (exact) mass is 430 g/mol. The molecule has 0 aromatic carbocycles. The van der Waals surface area contributed by atoms with Gasteiger partial charge in [-0.25, -0.2) is 4.79 Å². The summed E-state index contributed by atoms with van der Waals surface area (Å²) < 4.78 is 22.3. The van der Waals surface area contributed by atoms with Crippen LogP contribution in [0.2, 0.25) is 0 Å². The summed E-state index contributed by atoms with van der Waals surface area (Å²) in [5, 5.41) is 0. The van der Waals surface area contributed by atoms with E-state index in [0.29, 0.717) is 25.0 Å². The van der Waals surface area contributed by atoms with Crippen molar-refractivity contribution in [2.75, 3.05) is 6.61 Å². The van der Waals surface area contributed by atoms with Crippen LogP contribution in [0.1, 0.15) is 65.0 Å². The van der Waals surface area contributed by atoms with Crippen molar-refractivity contribution in [2.24, 2.45) is 22.7 Å². The number of rotatable bonds is 5. The second-order valence-electron chi connectivity index (χ2n) is 9.49. The molecule has 1 saturated heterocycles. The zero-order valence-electron chi connectivity index (χ0n) is 18.5. The van der Waals surface area contributed by atoms with Gasteiger partial charge in [-0.15, -0.1) is 0 Å². The van der Waals surface area contributed by atoms with E-state index in [1.54, 1.807) is 18.6 Å². The molecule has 3 aliphatic rings. The number of esters is 3. The first-order valence-corrected chi connectivity index (χ1v) is 10.9. The molecule has 7 heteroatoms. The average molecular weight is 430 g/mol. The topological polar surface area (TPSA) is 92.0 Å². The van der Waals surface area contributed by atoms with E-state index in [9.17, 15) is 14.4 Å². The van der Waals surface area contributed by atoms with Gasteiger partial charge in [0.2, 0.25) is 0 Å². The Morgan fingerprint density at radius 3 is 2.71 bits per heavy atom. The smallest absolute Gasteiger partial charge is 0.334 e. The van der Waals surface area contributed by atoms with E-state index >= 15 is 0 Å². The highest BCUT2D eigenvalue weighted by molar-refractivity contribution is 5.92. The van der Waals surface area contributed by atoms with Gasteiger partial charge in [0.15, 0.2) is 0 Å². The molecule has 4 rings (SSSR count). The minimum absolute atomic E-state index is 0.00737. The summed E-state index contributed by atoms with van der Waals surface area (Å²) in [5.74, 6) is -0.861. The molecule has 0 N–H and O–H groups in total. The van der Waals surface area contributed by atoms with Crippen molar-refractivity contribution in [3.8, 4) is 0 Å². The van der Waals surface area contributed by atoms with Gasteiger partial charge in [0.05, 0.1) is 12.5 Å². The van der Waals surface area contributed by atoms with Crippen LogP contribution < -0.4 is 0 Å². The second-order valence-corrected chi connectivity index (χ2v) is 9.49. The predicted molar refractivity (Wildman–Crippen MR) is 109 cm³/mol. The fraction of sp³-hybridized carbons (Fsp3) is 0.625. The fourth-order valence-electron chi connectivity index (χ4n) is 6.32. The van der Waals surface area contributed by atoms with Gasteiger partial charge in [0.25, 0.3) is 0 Å². The van der Waals surface area contributed by atoms with Gasteiger partial charge in [0.1, 0.15) is 18.8 Å². The van der Waals surface area contributed by atoms with Crippen LogP contribution in [0.3, 0.4) is 0 Å². The van der Waals surface area contributed by atoms with Crippen LogP contribution in [0.5, 0.6) is 0 Å². The largest absolute Gasteiger partial charge is 0.472 e. The summed E-state index contributed by atoms with van der Waals surface area (Å²) in [6, 6.07) is 1.80. The molecular weight excluding hydrogens is 400 g/mol. The zero-order valence-corrected chi connectivity index (χ0v) is 18.5. The van der Waals surface area contributed by atoms with Crippen molar-refractivity contribution in [3.05, 3.63) is 35.8 Å². The lowest BCUT2D eigenvalue weighted by Crippen LogP contribution is -2.57. The summed E-state index contributed by atoms with van der Waals surface area (Å²) in [5.41, 5.74) is 0.626. The lowest BCUT2D eigenvalue weighted by atomic mass is 9.46. The molecule has 1 spiro atoms. The first-order valence-electron chi connectivity index (χ1n) is 10.9. The molecule has 168 valence electrons. The van der Waals surface area contributed by atoms with E-state index in [2.05, 4.69) is 13.8 Å². The fourth-order valence-corrected chi connectivity index (χ4v) is 6.32. The van der Waals surface area contributed by atoms with E-state index in [0.717, 1.165) is 18.4 Å². The number of ether oxygens (including phenoxy) is 3. The Bertz CT molecular complexity index is 901. The first-order chi connectivity index (χ1) is 14.7. The molecule has 1 saturated carbocycles. The maximum Gasteiger partial charge on any atom is 0.334 e. The molecule has 7 nitrogen and oxygen atoms in total. The van der Waals surface area contributed by atoms with E-state index < -0.39 is 11.5 Å². The van der Waals surface area contributed by atoms with Gasteiger partial charge in [-0.2, -0.15) is 0 Å². The average Bonchev–Trinajstić information content (AvgIpc) is 3.33. The summed E-state index contributed by atoms with van der Waals surface area (Å²) in [7, 11) is 0. The van der Waals surface area contributed by atoms with Crippen LogP contribution in [0, 0.1) is 22.7 Å². The van der Waals surface area contributed by atoms with Gasteiger partial charge < -0.3 is 18.6 Å². The minimum atomic E-state index is -0.496. The van der Waals surface area contributed by atoms with E-state index in [1.165, 1.54) is 13.8 Å². The third-order valence-electron chi connectivity index (χ3n) is 7.81. The molecule has 6 atom stereocenters. The number of carbonyl (C=O) groups is 3. The summed E-state index contributed by atoms with van der Waals surface area (Å²) in [6.07, 6.45) is 7.07. The third-order valence-corrected chi connectivity index (χ3v) is 7.81. The van der Waals surface area contributed by atoms with Crippen LogP contribution in [0.4, 0.5) is 0 Å². The molecule has 2 aliphatic carbocycles. The Morgan fingerprint density at radius 1 is 1.29 bits per heavy atom. The zero-order chi connectivity index (χ0) is 22.4. The lowest BCUT2D eigenvalue weighted by Gasteiger charge is -2.58. The second kappa shape index (κ2) is 7.84. The number of furan rings is 1. The van der Waals surface area contributed by atoms with Crippen molar-refractivity contribution in [2.45, 2.75) is 65.6 Å². The van der Waals surface area contributed by atoms with E-state index in [1.807, 2.05) is 6.08 Å². The first kappa shape index (κ1) is 21.7. The predicted octanol–water partition coefficient (Wildman–Crippen LogP) is 4.13. The van der Waals surface area contributed by atoms with E-state index in [4.69, 9.17) is 18.6 Å². The molecule has 1 aliphatic heterocycles. The maximum absolute atomic E-state index is 12.6. The highest BCUT2D eigenvalue weighted by atomic mass is 16.6. The normalized spacial score (nSPS) is 35.3. The molecule has 0 amide bonds.